The zero-order valence-electron chi connectivity index (χ0n) is 18.0. The van der Waals surface area contributed by atoms with Gasteiger partial charge in [-0.3, -0.25) is 9.80 Å². The van der Waals surface area contributed by atoms with Crippen molar-refractivity contribution in [1.29, 1.82) is 0 Å². The van der Waals surface area contributed by atoms with Crippen LogP contribution in [0.3, 0.4) is 0 Å². The normalized spacial score (nSPS) is 23.1. The maximum absolute atomic E-state index is 12.9. The molecule has 0 aromatic heterocycles. The SMILES string of the molecule is CCOC(=O)C1[C@@H]2CC[C@H](CN1C(=O)OCc1ccccc1)N2C(=O)OC(C)(C)C. The van der Waals surface area contributed by atoms with Gasteiger partial charge in [0.15, 0.2) is 6.04 Å². The summed E-state index contributed by atoms with van der Waals surface area (Å²) < 4.78 is 16.3. The topological polar surface area (TPSA) is 85.4 Å². The van der Waals surface area contributed by atoms with Gasteiger partial charge in [-0.15, -0.1) is 0 Å². The number of nitrogens with zero attached hydrogens (tertiary/aromatic N) is 2. The molecule has 0 N–H and O–H groups in total. The lowest BCUT2D eigenvalue weighted by molar-refractivity contribution is -0.153. The van der Waals surface area contributed by atoms with Crippen molar-refractivity contribution in [1.82, 2.24) is 9.80 Å². The molecule has 8 heteroatoms. The van der Waals surface area contributed by atoms with E-state index in [9.17, 15) is 14.4 Å². The van der Waals surface area contributed by atoms with E-state index in [0.29, 0.717) is 12.8 Å². The molecule has 0 saturated carbocycles. The number of fused-ring (bicyclic) bond motifs is 2. The Bertz CT molecular complexity index is 776. The van der Waals surface area contributed by atoms with Crippen molar-refractivity contribution in [2.24, 2.45) is 0 Å². The Kier molecular flexibility index (Phi) is 6.53. The zero-order valence-corrected chi connectivity index (χ0v) is 18.0. The molecule has 2 bridgehead atoms. The van der Waals surface area contributed by atoms with Crippen LogP contribution in [-0.2, 0) is 25.6 Å². The lowest BCUT2D eigenvalue weighted by Crippen LogP contribution is -2.65. The van der Waals surface area contributed by atoms with Crippen LogP contribution in [-0.4, -0.2) is 64.8 Å². The molecular weight excluding hydrogens is 388 g/mol. The summed E-state index contributed by atoms with van der Waals surface area (Å²) in [5.41, 5.74) is 0.204. The Labute approximate surface area is 177 Å². The van der Waals surface area contributed by atoms with Gasteiger partial charge in [0.2, 0.25) is 0 Å². The summed E-state index contributed by atoms with van der Waals surface area (Å²) in [6.07, 6.45) is 0.220. The van der Waals surface area contributed by atoms with Gasteiger partial charge in [-0.1, -0.05) is 30.3 Å². The van der Waals surface area contributed by atoms with Crippen molar-refractivity contribution in [3.8, 4) is 0 Å². The van der Waals surface area contributed by atoms with E-state index < -0.39 is 35.8 Å². The highest BCUT2D eigenvalue weighted by Crippen LogP contribution is 2.36. The smallest absolute Gasteiger partial charge is 0.410 e. The highest BCUT2D eigenvalue weighted by molar-refractivity contribution is 5.84. The summed E-state index contributed by atoms with van der Waals surface area (Å²) in [5.74, 6) is -0.534. The third kappa shape index (κ3) is 4.86. The molecule has 1 aromatic rings. The number of carbonyl (C=O) groups excluding carboxylic acids is 3. The molecule has 2 saturated heterocycles. The van der Waals surface area contributed by atoms with E-state index in [1.54, 1.807) is 32.6 Å². The fraction of sp³-hybridized carbons (Fsp3) is 0.591. The van der Waals surface area contributed by atoms with Crippen LogP contribution in [0, 0.1) is 0 Å². The molecule has 30 heavy (non-hydrogen) atoms. The van der Waals surface area contributed by atoms with Gasteiger partial charge in [-0.2, -0.15) is 0 Å². The van der Waals surface area contributed by atoms with Crippen LogP contribution in [0.2, 0.25) is 0 Å². The number of piperazine rings is 1. The van der Waals surface area contributed by atoms with Crippen LogP contribution in [0.15, 0.2) is 30.3 Å². The molecule has 2 heterocycles. The number of esters is 1. The fourth-order valence-corrected chi connectivity index (χ4v) is 4.05. The summed E-state index contributed by atoms with van der Waals surface area (Å²) >= 11 is 0. The van der Waals surface area contributed by atoms with Gasteiger partial charge in [0.05, 0.1) is 18.7 Å². The van der Waals surface area contributed by atoms with Crippen molar-refractivity contribution in [2.75, 3.05) is 13.2 Å². The molecule has 8 nitrogen and oxygen atoms in total. The maximum Gasteiger partial charge on any atom is 0.410 e. The molecule has 1 aromatic carbocycles. The first kappa shape index (κ1) is 21.9. The second-order valence-electron chi connectivity index (χ2n) is 8.58. The summed E-state index contributed by atoms with van der Waals surface area (Å²) in [4.78, 5) is 41.5. The van der Waals surface area contributed by atoms with E-state index in [1.807, 2.05) is 30.3 Å². The van der Waals surface area contributed by atoms with E-state index in [2.05, 4.69) is 0 Å². The second kappa shape index (κ2) is 8.93. The van der Waals surface area contributed by atoms with Crippen LogP contribution >= 0.6 is 0 Å². The van der Waals surface area contributed by atoms with Gasteiger partial charge in [-0.25, -0.2) is 14.4 Å². The standard InChI is InChI=1S/C22H30N2O6/c1-5-28-19(25)18-17-12-11-16(24(17)21(27)30-22(2,3)4)13-23(18)20(26)29-14-15-9-7-6-8-10-15/h6-10,16-18H,5,11-14H2,1-4H3/t16-,17+,18?/m1/s1. The molecule has 1 unspecified atom stereocenters. The number of amides is 2. The summed E-state index contributed by atoms with van der Waals surface area (Å²) in [5, 5.41) is 0. The largest absolute Gasteiger partial charge is 0.464 e. The van der Waals surface area contributed by atoms with Crippen LogP contribution in [0.5, 0.6) is 0 Å². The van der Waals surface area contributed by atoms with Gasteiger partial charge in [0, 0.05) is 6.54 Å². The fourth-order valence-electron chi connectivity index (χ4n) is 4.05. The lowest BCUT2D eigenvalue weighted by Gasteiger charge is -2.44. The minimum absolute atomic E-state index is 0.108. The Balaban J connectivity index is 1.78. The lowest BCUT2D eigenvalue weighted by atomic mass is 10.0. The quantitative estimate of drug-likeness (QED) is 0.551. The minimum atomic E-state index is -0.917. The summed E-state index contributed by atoms with van der Waals surface area (Å²) in [6, 6.07) is 7.70. The molecule has 0 radical (unpaired) electrons. The Morgan fingerprint density at radius 1 is 1.03 bits per heavy atom. The maximum atomic E-state index is 12.9. The first-order valence-electron chi connectivity index (χ1n) is 10.4. The zero-order chi connectivity index (χ0) is 21.9. The van der Waals surface area contributed by atoms with E-state index >= 15 is 0 Å². The van der Waals surface area contributed by atoms with Crippen molar-refractivity contribution in [3.05, 3.63) is 35.9 Å². The molecule has 0 aliphatic carbocycles. The summed E-state index contributed by atoms with van der Waals surface area (Å²) in [7, 11) is 0. The van der Waals surface area contributed by atoms with E-state index in [1.165, 1.54) is 4.90 Å². The summed E-state index contributed by atoms with van der Waals surface area (Å²) in [6.45, 7) is 7.60. The Morgan fingerprint density at radius 2 is 1.73 bits per heavy atom. The predicted molar refractivity (Wildman–Crippen MR) is 109 cm³/mol. The molecule has 0 spiro atoms. The number of benzene rings is 1. The van der Waals surface area contributed by atoms with E-state index in [4.69, 9.17) is 14.2 Å². The number of rotatable bonds is 4. The van der Waals surface area contributed by atoms with Gasteiger partial charge in [0.25, 0.3) is 0 Å². The second-order valence-corrected chi connectivity index (χ2v) is 8.58. The Morgan fingerprint density at radius 3 is 2.37 bits per heavy atom. The van der Waals surface area contributed by atoms with Crippen molar-refractivity contribution < 1.29 is 28.6 Å². The number of likely N-dealkylation sites (tertiary alicyclic amines) is 1. The molecule has 2 aliphatic heterocycles. The molecule has 164 valence electrons. The van der Waals surface area contributed by atoms with E-state index in [0.717, 1.165) is 5.56 Å². The van der Waals surface area contributed by atoms with Crippen molar-refractivity contribution >= 4 is 18.2 Å². The first-order chi connectivity index (χ1) is 14.2. The number of hydrogen-bond acceptors (Lipinski definition) is 6. The number of carbonyl (C=O) groups is 3. The highest BCUT2D eigenvalue weighted by atomic mass is 16.6. The molecule has 2 amide bonds. The molecular formula is C22H30N2O6. The minimum Gasteiger partial charge on any atom is -0.464 e. The average Bonchev–Trinajstić information content (AvgIpc) is 2.99. The molecule has 3 rings (SSSR count). The van der Waals surface area contributed by atoms with Crippen molar-refractivity contribution in [3.63, 3.8) is 0 Å². The highest BCUT2D eigenvalue weighted by Gasteiger charge is 2.54. The number of hydrogen-bond donors (Lipinski definition) is 0. The number of ether oxygens (including phenoxy) is 3. The van der Waals surface area contributed by atoms with Crippen molar-refractivity contribution in [2.45, 2.75) is 70.9 Å². The predicted octanol–water partition coefficient (Wildman–Crippen LogP) is 3.34. The molecule has 3 atom stereocenters. The van der Waals surface area contributed by atoms with Gasteiger partial charge < -0.3 is 14.2 Å². The van der Waals surface area contributed by atoms with Gasteiger partial charge in [0.1, 0.15) is 12.2 Å². The van der Waals surface area contributed by atoms with Gasteiger partial charge >= 0.3 is 18.2 Å². The first-order valence-corrected chi connectivity index (χ1v) is 10.4. The third-order valence-electron chi connectivity index (χ3n) is 5.23. The van der Waals surface area contributed by atoms with Crippen LogP contribution in [0.25, 0.3) is 0 Å². The monoisotopic (exact) mass is 418 g/mol. The molecule has 2 aliphatic rings. The van der Waals surface area contributed by atoms with Gasteiger partial charge in [-0.05, 0) is 46.1 Å². The van der Waals surface area contributed by atoms with Crippen LogP contribution < -0.4 is 0 Å². The third-order valence-corrected chi connectivity index (χ3v) is 5.23. The molecule has 2 fully saturated rings. The van der Waals surface area contributed by atoms with Crippen LogP contribution in [0.4, 0.5) is 9.59 Å². The Hall–Kier alpha value is -2.77. The van der Waals surface area contributed by atoms with E-state index in [-0.39, 0.29) is 25.8 Å². The average molecular weight is 418 g/mol. The van der Waals surface area contributed by atoms with Crippen LogP contribution in [0.1, 0.15) is 46.1 Å².